The minimum Gasteiger partial charge on any atom is -0.508 e. The number of hydrogen-bond donors (Lipinski definition) is 1. The Morgan fingerprint density at radius 1 is 1.32 bits per heavy atom. The number of rotatable bonds is 3. The number of piperidine rings is 1. The van der Waals surface area contributed by atoms with E-state index in [-0.39, 0.29) is 29.3 Å². The molecule has 34 heavy (non-hydrogen) atoms. The van der Waals surface area contributed by atoms with Gasteiger partial charge in [-0.1, -0.05) is 11.6 Å². The monoisotopic (exact) mass is 471 g/mol. The number of ether oxygens (including phenoxy) is 3. The number of phenolic OH excluding ortho intramolecular Hbond substituents is 1. The van der Waals surface area contributed by atoms with Crippen molar-refractivity contribution >= 4 is 6.09 Å². The molecular formula is C28H41NO5. The molecule has 0 aromatic heterocycles. The molecule has 2 fully saturated rings. The first-order chi connectivity index (χ1) is 15.9. The van der Waals surface area contributed by atoms with E-state index in [1.54, 1.807) is 12.1 Å². The van der Waals surface area contributed by atoms with Crippen molar-refractivity contribution in [3.05, 3.63) is 35.4 Å². The van der Waals surface area contributed by atoms with E-state index >= 15 is 0 Å². The van der Waals surface area contributed by atoms with Gasteiger partial charge >= 0.3 is 6.09 Å². The fraction of sp³-hybridized carbons (Fsp3) is 0.679. The highest BCUT2D eigenvalue weighted by molar-refractivity contribution is 5.68. The summed E-state index contributed by atoms with van der Waals surface area (Å²) < 4.78 is 19.0. The second kappa shape index (κ2) is 9.10. The number of amides is 1. The largest absolute Gasteiger partial charge is 0.508 e. The second-order valence-corrected chi connectivity index (χ2v) is 12.0. The number of hydrogen-bond acceptors (Lipinski definition) is 5. The van der Waals surface area contributed by atoms with Crippen LogP contribution in [-0.4, -0.2) is 47.0 Å². The van der Waals surface area contributed by atoms with Crippen LogP contribution in [0.15, 0.2) is 29.8 Å². The summed E-state index contributed by atoms with van der Waals surface area (Å²) in [6, 6.07) is 5.36. The van der Waals surface area contributed by atoms with Gasteiger partial charge in [-0.05, 0) is 85.8 Å². The molecule has 188 valence electrons. The molecule has 0 saturated carbocycles. The zero-order valence-electron chi connectivity index (χ0n) is 21.6. The van der Waals surface area contributed by atoms with Crippen LogP contribution in [0.3, 0.4) is 0 Å². The highest BCUT2D eigenvalue weighted by atomic mass is 16.6. The summed E-state index contributed by atoms with van der Waals surface area (Å²) >= 11 is 0. The maximum absolute atomic E-state index is 12.9. The van der Waals surface area contributed by atoms with E-state index in [1.807, 2.05) is 31.7 Å². The highest BCUT2D eigenvalue weighted by Crippen LogP contribution is 2.56. The number of fused-ring (bicyclic) bond motifs is 3. The lowest BCUT2D eigenvalue weighted by molar-refractivity contribution is -0.180. The quantitative estimate of drug-likeness (QED) is 0.518. The Morgan fingerprint density at radius 3 is 2.79 bits per heavy atom. The lowest BCUT2D eigenvalue weighted by Crippen LogP contribution is -2.57. The van der Waals surface area contributed by atoms with Crippen molar-refractivity contribution in [3.63, 3.8) is 0 Å². The molecule has 0 radical (unpaired) electrons. The van der Waals surface area contributed by atoms with Crippen LogP contribution in [0.2, 0.25) is 0 Å². The molecule has 4 rings (SSSR count). The van der Waals surface area contributed by atoms with E-state index in [0.29, 0.717) is 13.2 Å². The van der Waals surface area contributed by atoms with Gasteiger partial charge in [0.2, 0.25) is 0 Å². The Labute approximate surface area is 204 Å². The number of nitrogens with zero attached hydrogens (tertiary/aromatic N) is 1. The van der Waals surface area contributed by atoms with Gasteiger partial charge in [0.1, 0.15) is 22.7 Å². The number of carbonyl (C=O) groups is 1. The molecular weight excluding hydrogens is 430 g/mol. The smallest absolute Gasteiger partial charge is 0.410 e. The van der Waals surface area contributed by atoms with Gasteiger partial charge in [-0.25, -0.2) is 4.79 Å². The van der Waals surface area contributed by atoms with E-state index in [0.717, 1.165) is 50.0 Å². The number of benzene rings is 1. The molecule has 3 heterocycles. The van der Waals surface area contributed by atoms with E-state index in [9.17, 15) is 9.90 Å². The molecule has 0 bridgehead atoms. The molecule has 3 aliphatic rings. The first-order valence-corrected chi connectivity index (χ1v) is 12.6. The molecule has 1 N–H and O–H groups in total. The molecule has 1 aromatic rings. The fourth-order valence-corrected chi connectivity index (χ4v) is 5.89. The van der Waals surface area contributed by atoms with Crippen molar-refractivity contribution in [3.8, 4) is 11.5 Å². The van der Waals surface area contributed by atoms with Crippen LogP contribution in [0.5, 0.6) is 11.5 Å². The maximum Gasteiger partial charge on any atom is 0.410 e. The molecule has 6 nitrogen and oxygen atoms in total. The molecule has 1 amide bonds. The number of carbonyl (C=O) groups excluding carboxylic acids is 1. The van der Waals surface area contributed by atoms with Crippen molar-refractivity contribution < 1.29 is 24.1 Å². The molecule has 1 unspecified atom stereocenters. The van der Waals surface area contributed by atoms with Crippen molar-refractivity contribution in [2.24, 2.45) is 11.3 Å². The van der Waals surface area contributed by atoms with Crippen LogP contribution >= 0.6 is 0 Å². The minimum absolute atomic E-state index is 0.0800. The Balaban J connectivity index is 1.60. The summed E-state index contributed by atoms with van der Waals surface area (Å²) in [7, 11) is 0. The second-order valence-electron chi connectivity index (χ2n) is 12.0. The van der Waals surface area contributed by atoms with Crippen molar-refractivity contribution in [2.75, 3.05) is 19.7 Å². The van der Waals surface area contributed by atoms with Crippen LogP contribution < -0.4 is 4.74 Å². The van der Waals surface area contributed by atoms with Crippen LogP contribution in [0.25, 0.3) is 0 Å². The summed E-state index contributed by atoms with van der Waals surface area (Å²) in [4.78, 5) is 14.7. The number of aromatic hydroxyl groups is 1. The summed E-state index contributed by atoms with van der Waals surface area (Å²) in [5.41, 5.74) is 1.26. The van der Waals surface area contributed by atoms with Crippen LogP contribution in [-0.2, 0) is 9.47 Å². The summed E-state index contributed by atoms with van der Waals surface area (Å²) in [5, 5.41) is 10.1. The molecule has 4 atom stereocenters. The Hall–Kier alpha value is -2.21. The SMILES string of the molecule is CC(C)=CCC[C@@]1(C)Oc2cc(O)ccc2[C@H]2OCC3(CCCN(C(=O)OC(C)(C)C)C3)C[C@@H]21. The summed E-state index contributed by atoms with van der Waals surface area (Å²) in [5.74, 6) is 1.08. The number of allylic oxidation sites excluding steroid dienone is 2. The Kier molecular flexibility index (Phi) is 6.67. The van der Waals surface area contributed by atoms with Gasteiger partial charge in [0.25, 0.3) is 0 Å². The lowest BCUT2D eigenvalue weighted by Gasteiger charge is -2.55. The van der Waals surface area contributed by atoms with Gasteiger partial charge in [-0.3, -0.25) is 0 Å². The zero-order chi connectivity index (χ0) is 24.7. The van der Waals surface area contributed by atoms with Gasteiger partial charge in [-0.2, -0.15) is 0 Å². The Morgan fingerprint density at radius 2 is 2.09 bits per heavy atom. The highest BCUT2D eigenvalue weighted by Gasteiger charge is 2.55. The van der Waals surface area contributed by atoms with Gasteiger partial charge in [0.15, 0.2) is 0 Å². The van der Waals surface area contributed by atoms with Crippen molar-refractivity contribution in [1.29, 1.82) is 0 Å². The van der Waals surface area contributed by atoms with Gasteiger partial charge in [0.05, 0.1) is 12.7 Å². The predicted octanol–water partition coefficient (Wildman–Crippen LogP) is 6.38. The molecule has 6 heteroatoms. The first-order valence-electron chi connectivity index (χ1n) is 12.6. The van der Waals surface area contributed by atoms with Crippen molar-refractivity contribution in [1.82, 2.24) is 4.90 Å². The third kappa shape index (κ3) is 5.22. The van der Waals surface area contributed by atoms with Gasteiger partial charge in [0, 0.05) is 36.1 Å². The molecule has 2 saturated heterocycles. The Bertz CT molecular complexity index is 947. The van der Waals surface area contributed by atoms with Crippen LogP contribution in [0, 0.1) is 11.3 Å². The molecule has 1 aromatic carbocycles. The topological polar surface area (TPSA) is 68.2 Å². The normalized spacial score (nSPS) is 30.7. The predicted molar refractivity (Wildman–Crippen MR) is 132 cm³/mol. The minimum atomic E-state index is -0.508. The van der Waals surface area contributed by atoms with Gasteiger partial charge < -0.3 is 24.2 Å². The first kappa shape index (κ1) is 24.9. The zero-order valence-corrected chi connectivity index (χ0v) is 21.6. The standard InChI is InChI=1S/C28H41NO5/c1-19(2)9-7-12-27(6)22-16-28(13-8-14-29(17-28)25(31)34-26(3,4)5)18-32-24(22)21-11-10-20(30)15-23(21)33-27/h9-11,15,22,24,30H,7-8,12-14,16-18H2,1-6H3/t22-,24+,27+,28?/m0/s1. The van der Waals surface area contributed by atoms with E-state index in [4.69, 9.17) is 14.2 Å². The third-order valence-electron chi connectivity index (χ3n) is 7.53. The average molecular weight is 472 g/mol. The third-order valence-corrected chi connectivity index (χ3v) is 7.53. The van der Waals surface area contributed by atoms with E-state index in [2.05, 4.69) is 26.8 Å². The average Bonchev–Trinajstić information content (AvgIpc) is 2.72. The van der Waals surface area contributed by atoms with Crippen molar-refractivity contribution in [2.45, 2.75) is 91.0 Å². The van der Waals surface area contributed by atoms with Gasteiger partial charge in [-0.15, -0.1) is 0 Å². The van der Waals surface area contributed by atoms with E-state index < -0.39 is 11.2 Å². The summed E-state index contributed by atoms with van der Waals surface area (Å²) in [6.45, 7) is 14.1. The molecule has 3 aliphatic heterocycles. The molecule has 0 aliphatic carbocycles. The summed E-state index contributed by atoms with van der Waals surface area (Å²) in [6.07, 6.45) is 6.64. The maximum atomic E-state index is 12.9. The van der Waals surface area contributed by atoms with E-state index in [1.165, 1.54) is 5.57 Å². The number of likely N-dealkylation sites (tertiary alicyclic amines) is 1. The molecule has 1 spiro atoms. The number of phenols is 1. The van der Waals surface area contributed by atoms with Crippen LogP contribution in [0.4, 0.5) is 4.79 Å². The van der Waals surface area contributed by atoms with Crippen LogP contribution in [0.1, 0.15) is 85.3 Å². The fourth-order valence-electron chi connectivity index (χ4n) is 5.89. The lowest BCUT2D eigenvalue weighted by atomic mass is 9.64.